The van der Waals surface area contributed by atoms with Gasteiger partial charge in [-0.3, -0.25) is 0 Å². The molecule has 1 radical (unpaired) electrons. The van der Waals surface area contributed by atoms with E-state index in [1.165, 1.54) is 0 Å². The van der Waals surface area contributed by atoms with E-state index in [2.05, 4.69) is 13.0 Å². The maximum atomic E-state index is 5.67. The van der Waals surface area contributed by atoms with Crippen LogP contribution < -0.4 is 0 Å². The molecule has 10 heavy (non-hydrogen) atoms. The van der Waals surface area contributed by atoms with Crippen molar-refractivity contribution in [2.45, 2.75) is 11.8 Å². The normalized spacial score (nSPS) is 9.80. The lowest BCUT2D eigenvalue weighted by Gasteiger charge is -1.95. The number of benzene rings is 1. The lowest BCUT2D eigenvalue weighted by molar-refractivity contribution is 1.42. The molecule has 0 spiro atoms. The summed E-state index contributed by atoms with van der Waals surface area (Å²) in [4.78, 5) is 1.16. The predicted octanol–water partition coefficient (Wildman–Crippen LogP) is 3.25. The first kappa shape index (κ1) is 7.96. The Hall–Kier alpha value is -0.140. The van der Waals surface area contributed by atoms with Gasteiger partial charge >= 0.3 is 0 Å². The Morgan fingerprint density at radius 2 is 2.40 bits per heavy atom. The number of hydrogen-bond acceptors (Lipinski definition) is 1. The summed E-state index contributed by atoms with van der Waals surface area (Å²) >= 11 is 7.44. The fourth-order valence-electron chi connectivity index (χ4n) is 0.637. The van der Waals surface area contributed by atoms with Gasteiger partial charge in [-0.05, 0) is 30.0 Å². The molecule has 0 aliphatic heterocycles. The summed E-state index contributed by atoms with van der Waals surface area (Å²) in [5.74, 6) is 1.08. The minimum Gasteiger partial charge on any atom is -0.126 e. The Morgan fingerprint density at radius 1 is 1.60 bits per heavy atom. The lowest BCUT2D eigenvalue weighted by Crippen LogP contribution is -1.71. The number of thioether (sulfide) groups is 1. The van der Waals surface area contributed by atoms with Crippen molar-refractivity contribution in [3.8, 4) is 0 Å². The van der Waals surface area contributed by atoms with Gasteiger partial charge in [0.2, 0.25) is 0 Å². The minimum absolute atomic E-state index is 0.750. The summed E-state index contributed by atoms with van der Waals surface area (Å²) in [6.45, 7) is 2.12. The SMILES string of the molecule is CCSc1[c]cc(Cl)cc1. The van der Waals surface area contributed by atoms with Crippen LogP contribution in [0.5, 0.6) is 0 Å². The summed E-state index contributed by atoms with van der Waals surface area (Å²) in [7, 11) is 0. The molecule has 0 amide bonds. The summed E-state index contributed by atoms with van der Waals surface area (Å²) in [6.07, 6.45) is 0. The summed E-state index contributed by atoms with van der Waals surface area (Å²) in [5, 5.41) is 0.750. The van der Waals surface area contributed by atoms with E-state index in [0.717, 1.165) is 15.7 Å². The third-order valence-corrected chi connectivity index (χ3v) is 2.13. The quantitative estimate of drug-likeness (QED) is 0.616. The summed E-state index contributed by atoms with van der Waals surface area (Å²) in [5.41, 5.74) is 0. The standard InChI is InChI=1S/C8H8ClS/c1-2-10-8-5-3-7(9)4-6-8/h3-5H,2H2,1H3. The van der Waals surface area contributed by atoms with Crippen molar-refractivity contribution in [3.63, 3.8) is 0 Å². The maximum absolute atomic E-state index is 5.67. The molecule has 0 saturated carbocycles. The van der Waals surface area contributed by atoms with Gasteiger partial charge in [0, 0.05) is 9.92 Å². The fourth-order valence-corrected chi connectivity index (χ4v) is 1.37. The first-order valence-corrected chi connectivity index (χ1v) is 4.49. The monoisotopic (exact) mass is 171 g/mol. The van der Waals surface area contributed by atoms with Crippen molar-refractivity contribution in [2.24, 2.45) is 0 Å². The molecule has 0 unspecified atom stereocenters. The molecule has 0 fully saturated rings. The highest BCUT2D eigenvalue weighted by Gasteiger charge is 1.90. The molecule has 0 atom stereocenters. The first-order chi connectivity index (χ1) is 4.83. The van der Waals surface area contributed by atoms with Gasteiger partial charge in [-0.2, -0.15) is 0 Å². The average Bonchev–Trinajstić information content (AvgIpc) is 1.95. The van der Waals surface area contributed by atoms with Crippen LogP contribution in [0.3, 0.4) is 0 Å². The lowest BCUT2D eigenvalue weighted by atomic mass is 10.4. The van der Waals surface area contributed by atoms with Gasteiger partial charge in [-0.15, -0.1) is 11.8 Å². The number of hydrogen-bond donors (Lipinski definition) is 0. The molecule has 0 nitrogen and oxygen atoms in total. The van der Waals surface area contributed by atoms with Crippen molar-refractivity contribution in [1.82, 2.24) is 0 Å². The van der Waals surface area contributed by atoms with E-state index >= 15 is 0 Å². The van der Waals surface area contributed by atoms with Crippen molar-refractivity contribution in [2.75, 3.05) is 5.75 Å². The Kier molecular flexibility index (Phi) is 3.10. The van der Waals surface area contributed by atoms with Gasteiger partial charge in [-0.25, -0.2) is 0 Å². The maximum Gasteiger partial charge on any atom is 0.0412 e. The van der Waals surface area contributed by atoms with E-state index in [9.17, 15) is 0 Å². The van der Waals surface area contributed by atoms with Crippen molar-refractivity contribution in [3.05, 3.63) is 29.3 Å². The topological polar surface area (TPSA) is 0 Å². The molecule has 53 valence electrons. The van der Waals surface area contributed by atoms with E-state index in [1.807, 2.05) is 12.1 Å². The van der Waals surface area contributed by atoms with Gasteiger partial charge in [0.15, 0.2) is 0 Å². The average molecular weight is 172 g/mol. The molecule has 1 rings (SSSR count). The van der Waals surface area contributed by atoms with Gasteiger partial charge in [0.1, 0.15) is 0 Å². The molecule has 0 aromatic heterocycles. The van der Waals surface area contributed by atoms with E-state index in [-0.39, 0.29) is 0 Å². The Bertz CT molecular complexity index is 193. The molecule has 0 aliphatic rings. The third-order valence-electron chi connectivity index (χ3n) is 1.05. The zero-order chi connectivity index (χ0) is 7.40. The Balaban J connectivity index is 2.69. The predicted molar refractivity (Wildman–Crippen MR) is 46.7 cm³/mol. The first-order valence-electron chi connectivity index (χ1n) is 3.13. The summed E-state index contributed by atoms with van der Waals surface area (Å²) < 4.78 is 0. The van der Waals surface area contributed by atoms with E-state index in [0.29, 0.717) is 0 Å². The highest BCUT2D eigenvalue weighted by atomic mass is 35.5. The van der Waals surface area contributed by atoms with E-state index in [1.54, 1.807) is 17.8 Å². The van der Waals surface area contributed by atoms with Crippen molar-refractivity contribution >= 4 is 23.4 Å². The zero-order valence-corrected chi connectivity index (χ0v) is 7.30. The van der Waals surface area contributed by atoms with Gasteiger partial charge < -0.3 is 0 Å². The molecule has 0 heterocycles. The molecule has 0 saturated heterocycles. The molecule has 1 aromatic carbocycles. The molecule has 0 aliphatic carbocycles. The smallest absolute Gasteiger partial charge is 0.0412 e. The zero-order valence-electron chi connectivity index (χ0n) is 5.73. The van der Waals surface area contributed by atoms with Crippen LogP contribution in [-0.2, 0) is 0 Å². The molecule has 0 N–H and O–H groups in total. The Morgan fingerprint density at radius 3 is 2.90 bits per heavy atom. The van der Waals surface area contributed by atoms with Gasteiger partial charge in [-0.1, -0.05) is 18.5 Å². The second kappa shape index (κ2) is 3.89. The Labute approximate surface area is 70.6 Å². The molecule has 2 heteroatoms. The van der Waals surface area contributed by atoms with Crippen molar-refractivity contribution < 1.29 is 0 Å². The highest BCUT2D eigenvalue weighted by Crippen LogP contribution is 2.18. The molecule has 0 bridgehead atoms. The molecular weight excluding hydrogens is 164 g/mol. The minimum atomic E-state index is 0.750. The van der Waals surface area contributed by atoms with Crippen LogP contribution in [0.25, 0.3) is 0 Å². The van der Waals surface area contributed by atoms with Crippen LogP contribution in [0, 0.1) is 6.07 Å². The van der Waals surface area contributed by atoms with Crippen LogP contribution in [0.2, 0.25) is 5.02 Å². The van der Waals surface area contributed by atoms with E-state index in [4.69, 9.17) is 11.6 Å². The van der Waals surface area contributed by atoms with Crippen LogP contribution in [0.4, 0.5) is 0 Å². The largest absolute Gasteiger partial charge is 0.126 e. The fraction of sp³-hybridized carbons (Fsp3) is 0.250. The second-order valence-electron chi connectivity index (χ2n) is 1.80. The van der Waals surface area contributed by atoms with Gasteiger partial charge in [0.05, 0.1) is 0 Å². The molecular formula is C8H8ClS. The highest BCUT2D eigenvalue weighted by molar-refractivity contribution is 7.99. The third kappa shape index (κ3) is 2.24. The van der Waals surface area contributed by atoms with Crippen LogP contribution in [-0.4, -0.2) is 5.75 Å². The second-order valence-corrected chi connectivity index (χ2v) is 3.55. The van der Waals surface area contributed by atoms with Crippen LogP contribution in [0.1, 0.15) is 6.92 Å². The van der Waals surface area contributed by atoms with Crippen molar-refractivity contribution in [1.29, 1.82) is 0 Å². The molecule has 1 aromatic rings. The van der Waals surface area contributed by atoms with Gasteiger partial charge in [0.25, 0.3) is 0 Å². The number of halogens is 1. The number of rotatable bonds is 2. The van der Waals surface area contributed by atoms with Crippen LogP contribution >= 0.6 is 23.4 Å². The van der Waals surface area contributed by atoms with E-state index < -0.39 is 0 Å². The van der Waals surface area contributed by atoms with Crippen LogP contribution in [0.15, 0.2) is 23.1 Å². The summed E-state index contributed by atoms with van der Waals surface area (Å²) in [6, 6.07) is 8.73.